The zero-order valence-corrected chi connectivity index (χ0v) is 18.9. The van der Waals surface area contributed by atoms with Crippen molar-refractivity contribution in [2.45, 2.75) is 32.4 Å². The molecule has 1 saturated carbocycles. The summed E-state index contributed by atoms with van der Waals surface area (Å²) >= 11 is 0. The minimum absolute atomic E-state index is 0. The first kappa shape index (κ1) is 22.8. The predicted octanol–water partition coefficient (Wildman–Crippen LogP) is 2.81. The Labute approximate surface area is 175 Å². The molecule has 1 aliphatic carbocycles. The lowest BCUT2D eigenvalue weighted by atomic mass is 10.2. The smallest absolute Gasteiger partial charge is 0.193 e. The van der Waals surface area contributed by atoms with Crippen LogP contribution < -0.4 is 14.8 Å². The molecule has 0 heterocycles. The van der Waals surface area contributed by atoms with Crippen molar-refractivity contribution in [2.24, 2.45) is 4.99 Å². The molecule has 1 N–H and O–H groups in total. The van der Waals surface area contributed by atoms with Crippen molar-refractivity contribution in [3.05, 3.63) is 23.8 Å². The maximum Gasteiger partial charge on any atom is 0.193 e. The molecule has 0 aromatic heterocycles. The highest BCUT2D eigenvalue weighted by Gasteiger charge is 2.27. The van der Waals surface area contributed by atoms with E-state index < -0.39 is 0 Å². The van der Waals surface area contributed by atoms with Gasteiger partial charge in [0.25, 0.3) is 0 Å². The van der Waals surface area contributed by atoms with Crippen molar-refractivity contribution in [1.82, 2.24) is 15.1 Å². The lowest BCUT2D eigenvalue weighted by Gasteiger charge is -2.25. The number of benzene rings is 1. The lowest BCUT2D eigenvalue weighted by molar-refractivity contribution is 0.280. The minimum atomic E-state index is 0. The number of nitrogens with one attached hydrogen (secondary N) is 1. The van der Waals surface area contributed by atoms with Gasteiger partial charge in [-0.25, -0.2) is 0 Å². The summed E-state index contributed by atoms with van der Waals surface area (Å²) < 4.78 is 10.8. The monoisotopic (exact) mass is 476 g/mol. The number of hydrogen-bond donors (Lipinski definition) is 1. The highest BCUT2D eigenvalue weighted by atomic mass is 127. The molecule has 1 aromatic rings. The second kappa shape index (κ2) is 11.5. The average molecular weight is 476 g/mol. The van der Waals surface area contributed by atoms with Crippen LogP contribution in [-0.2, 0) is 6.54 Å². The Morgan fingerprint density at radius 1 is 1.27 bits per heavy atom. The molecule has 6 nitrogen and oxygen atoms in total. The van der Waals surface area contributed by atoms with Gasteiger partial charge in [-0.2, -0.15) is 0 Å². The zero-order valence-electron chi connectivity index (χ0n) is 16.6. The fourth-order valence-electron chi connectivity index (χ4n) is 3.05. The summed E-state index contributed by atoms with van der Waals surface area (Å²) in [6, 6.07) is 6.70. The number of guanidine groups is 1. The molecule has 0 saturated heterocycles. The molecule has 0 amide bonds. The third-order valence-corrected chi connectivity index (χ3v) is 4.63. The van der Waals surface area contributed by atoms with Crippen LogP contribution in [0.2, 0.25) is 0 Å². The summed E-state index contributed by atoms with van der Waals surface area (Å²) in [6.45, 7) is 6.02. The fourth-order valence-corrected chi connectivity index (χ4v) is 3.05. The number of hydrogen-bond acceptors (Lipinski definition) is 4. The van der Waals surface area contributed by atoms with Gasteiger partial charge in [0.05, 0.1) is 14.2 Å². The predicted molar refractivity (Wildman–Crippen MR) is 118 cm³/mol. The first-order chi connectivity index (χ1) is 12.1. The number of halogens is 1. The van der Waals surface area contributed by atoms with Crippen LogP contribution in [0.4, 0.5) is 0 Å². The highest BCUT2D eigenvalue weighted by Crippen LogP contribution is 2.26. The van der Waals surface area contributed by atoms with E-state index in [-0.39, 0.29) is 24.0 Å². The molecule has 1 aromatic carbocycles. The molecule has 7 heteroatoms. The number of nitrogens with zero attached hydrogens (tertiary/aromatic N) is 3. The van der Waals surface area contributed by atoms with Crippen LogP contribution in [0.15, 0.2) is 23.2 Å². The van der Waals surface area contributed by atoms with E-state index in [9.17, 15) is 0 Å². The molecular weight excluding hydrogens is 443 g/mol. The van der Waals surface area contributed by atoms with Gasteiger partial charge in [-0.15, -0.1) is 24.0 Å². The Hall–Kier alpha value is -1.22. The molecule has 1 aliphatic rings. The molecule has 26 heavy (non-hydrogen) atoms. The van der Waals surface area contributed by atoms with Gasteiger partial charge >= 0.3 is 0 Å². The van der Waals surface area contributed by atoms with Crippen molar-refractivity contribution >= 4 is 29.9 Å². The second-order valence-electron chi connectivity index (χ2n) is 6.37. The number of methoxy groups -OCH3 is 2. The van der Waals surface area contributed by atoms with Crippen LogP contribution in [0.25, 0.3) is 0 Å². The average Bonchev–Trinajstić information content (AvgIpc) is 3.47. The van der Waals surface area contributed by atoms with Crippen molar-refractivity contribution in [3.63, 3.8) is 0 Å². The molecule has 0 atom stereocenters. The van der Waals surface area contributed by atoms with Gasteiger partial charge in [0.2, 0.25) is 0 Å². The van der Waals surface area contributed by atoms with Crippen LogP contribution >= 0.6 is 24.0 Å². The maximum absolute atomic E-state index is 5.49. The van der Waals surface area contributed by atoms with E-state index in [4.69, 9.17) is 9.47 Å². The molecule has 0 radical (unpaired) electrons. The first-order valence-electron chi connectivity index (χ1n) is 8.99. The highest BCUT2D eigenvalue weighted by molar-refractivity contribution is 14.0. The minimum Gasteiger partial charge on any atom is -0.497 e. The second-order valence-corrected chi connectivity index (χ2v) is 6.37. The number of rotatable bonds is 9. The molecule has 0 bridgehead atoms. The first-order valence-corrected chi connectivity index (χ1v) is 8.99. The quantitative estimate of drug-likeness (QED) is 0.338. The van der Waals surface area contributed by atoms with Gasteiger partial charge in [-0.05, 0) is 31.5 Å². The Morgan fingerprint density at radius 2 is 2.00 bits per heavy atom. The topological polar surface area (TPSA) is 49.3 Å². The summed E-state index contributed by atoms with van der Waals surface area (Å²) in [5.74, 6) is 2.52. The number of likely N-dealkylation sites (N-methyl/N-ethyl adjacent to an activating group) is 1. The van der Waals surface area contributed by atoms with Crippen molar-refractivity contribution in [1.29, 1.82) is 0 Å². The maximum atomic E-state index is 5.49. The zero-order chi connectivity index (χ0) is 18.2. The summed E-state index contributed by atoms with van der Waals surface area (Å²) in [4.78, 5) is 9.05. The van der Waals surface area contributed by atoms with E-state index in [2.05, 4.69) is 27.0 Å². The van der Waals surface area contributed by atoms with Crippen molar-refractivity contribution < 1.29 is 9.47 Å². The number of ether oxygens (including phenoxy) is 2. The van der Waals surface area contributed by atoms with Gasteiger partial charge in [0, 0.05) is 51.4 Å². The van der Waals surface area contributed by atoms with Crippen LogP contribution in [0.3, 0.4) is 0 Å². The molecule has 0 spiro atoms. The Balaban J connectivity index is 0.00000338. The molecular formula is C19H33IN4O2. The van der Waals surface area contributed by atoms with E-state index in [0.29, 0.717) is 6.54 Å². The van der Waals surface area contributed by atoms with Crippen molar-refractivity contribution in [3.8, 4) is 11.5 Å². The molecule has 1 fully saturated rings. The van der Waals surface area contributed by atoms with Gasteiger partial charge in [0.1, 0.15) is 11.5 Å². The van der Waals surface area contributed by atoms with E-state index in [0.717, 1.165) is 48.7 Å². The Bertz CT molecular complexity index is 579. The van der Waals surface area contributed by atoms with Crippen LogP contribution in [0.5, 0.6) is 11.5 Å². The van der Waals surface area contributed by atoms with Gasteiger partial charge in [-0.3, -0.25) is 9.89 Å². The van der Waals surface area contributed by atoms with E-state index in [1.807, 2.05) is 32.3 Å². The van der Waals surface area contributed by atoms with Gasteiger partial charge in [0.15, 0.2) is 5.96 Å². The third kappa shape index (κ3) is 6.50. The molecule has 0 aliphatic heterocycles. The van der Waals surface area contributed by atoms with E-state index in [1.54, 1.807) is 14.2 Å². The molecule has 148 valence electrons. The summed E-state index contributed by atoms with van der Waals surface area (Å²) in [6.07, 6.45) is 2.69. The summed E-state index contributed by atoms with van der Waals surface area (Å²) in [5.41, 5.74) is 1.10. The third-order valence-electron chi connectivity index (χ3n) is 4.63. The summed E-state index contributed by atoms with van der Waals surface area (Å²) in [7, 11) is 7.20. The van der Waals surface area contributed by atoms with Gasteiger partial charge in [-0.1, -0.05) is 6.92 Å². The molecule has 2 rings (SSSR count). The normalized spacial score (nSPS) is 14.0. The van der Waals surface area contributed by atoms with Crippen LogP contribution in [-0.4, -0.2) is 69.8 Å². The summed E-state index contributed by atoms with van der Waals surface area (Å²) in [5, 5.41) is 3.47. The standard InChI is InChI=1S/C19H32N4O2.HI/c1-6-23(16-8-9-16)12-11-21-19(20-2)22(3)14-15-7-10-17(24-4)13-18(15)25-5;/h7,10,13,16H,6,8-9,11-12,14H2,1-5H3,(H,20,21);1H. The largest absolute Gasteiger partial charge is 0.497 e. The van der Waals surface area contributed by atoms with Crippen LogP contribution in [0.1, 0.15) is 25.3 Å². The SMILES string of the molecule is CCN(CCNC(=NC)N(C)Cc1ccc(OC)cc1OC)C1CC1.I. The Morgan fingerprint density at radius 3 is 2.54 bits per heavy atom. The van der Waals surface area contributed by atoms with Gasteiger partial charge < -0.3 is 19.7 Å². The number of aliphatic imine (C=N–C) groups is 1. The van der Waals surface area contributed by atoms with Crippen molar-refractivity contribution in [2.75, 3.05) is 47.9 Å². The lowest BCUT2D eigenvalue weighted by Crippen LogP contribution is -2.42. The Kier molecular flexibility index (Phi) is 10.1. The van der Waals surface area contributed by atoms with E-state index in [1.165, 1.54) is 12.8 Å². The van der Waals surface area contributed by atoms with E-state index >= 15 is 0 Å². The van der Waals surface area contributed by atoms with Crippen LogP contribution in [0, 0.1) is 0 Å². The molecule has 0 unspecified atom stereocenters. The fraction of sp³-hybridized carbons (Fsp3) is 0.632.